The number of hydrogen-bond acceptors (Lipinski definition) is 5. The van der Waals surface area contributed by atoms with Gasteiger partial charge in [0.2, 0.25) is 5.75 Å². The van der Waals surface area contributed by atoms with Crippen LogP contribution >= 0.6 is 0 Å². The van der Waals surface area contributed by atoms with E-state index in [0.717, 1.165) is 45.3 Å². The summed E-state index contributed by atoms with van der Waals surface area (Å²) in [7, 11) is 4.83. The van der Waals surface area contributed by atoms with Crippen LogP contribution in [-0.4, -0.2) is 27.1 Å². The molecule has 0 saturated carbocycles. The minimum absolute atomic E-state index is 0.0862. The normalized spacial score (nSPS) is 18.9. The number of fused-ring (bicyclic) bond motifs is 3. The number of benzene rings is 3. The van der Waals surface area contributed by atoms with Gasteiger partial charge >= 0.3 is 0 Å². The summed E-state index contributed by atoms with van der Waals surface area (Å²) in [5.41, 5.74) is 4.86. The molecule has 0 aromatic heterocycles. The van der Waals surface area contributed by atoms with Crippen molar-refractivity contribution in [1.29, 1.82) is 0 Å². The Kier molecular flexibility index (Phi) is 5.08. The Bertz CT molecular complexity index is 1280. The van der Waals surface area contributed by atoms with Gasteiger partial charge in [-0.05, 0) is 51.9 Å². The van der Waals surface area contributed by atoms with Gasteiger partial charge in [-0.3, -0.25) is 4.79 Å². The van der Waals surface area contributed by atoms with Crippen molar-refractivity contribution < 1.29 is 19.0 Å². The average Bonchev–Trinajstić information content (AvgIpc) is 2.80. The van der Waals surface area contributed by atoms with Crippen molar-refractivity contribution in [3.05, 3.63) is 70.9 Å². The van der Waals surface area contributed by atoms with Crippen molar-refractivity contribution in [3.8, 4) is 17.2 Å². The van der Waals surface area contributed by atoms with E-state index in [1.807, 2.05) is 24.3 Å². The van der Waals surface area contributed by atoms with E-state index in [4.69, 9.17) is 14.2 Å². The molecule has 5 heteroatoms. The van der Waals surface area contributed by atoms with Crippen LogP contribution in [0.15, 0.2) is 59.8 Å². The van der Waals surface area contributed by atoms with Gasteiger partial charge in [-0.15, -0.1) is 0 Å². The molecular weight excluding hydrogens is 414 g/mol. The van der Waals surface area contributed by atoms with Crippen LogP contribution in [0.1, 0.15) is 43.7 Å². The summed E-state index contributed by atoms with van der Waals surface area (Å²) < 4.78 is 16.9. The van der Waals surface area contributed by atoms with Crippen LogP contribution in [0.25, 0.3) is 10.8 Å². The van der Waals surface area contributed by atoms with Crippen LogP contribution < -0.4 is 19.5 Å². The number of nitrogens with one attached hydrogen (secondary N) is 1. The summed E-state index contributed by atoms with van der Waals surface area (Å²) in [6.45, 7) is 4.31. The molecule has 0 spiro atoms. The summed E-state index contributed by atoms with van der Waals surface area (Å²) in [6.07, 6.45) is 1.34. The monoisotopic (exact) mass is 443 g/mol. The van der Waals surface area contributed by atoms with Crippen LogP contribution in [-0.2, 0) is 4.79 Å². The quantitative estimate of drug-likeness (QED) is 0.531. The zero-order valence-electron chi connectivity index (χ0n) is 19.7. The molecule has 1 N–H and O–H groups in total. The van der Waals surface area contributed by atoms with Crippen LogP contribution in [0.4, 0.5) is 5.69 Å². The molecule has 5 nitrogen and oxygen atoms in total. The fraction of sp³-hybridized carbons (Fsp3) is 0.321. The SMILES string of the molecule is COc1cc([C@@H]2C3=C(CC(C)(C)CC3=O)Nc3ccc4ccccc4c32)cc(OC)c1OC. The third kappa shape index (κ3) is 3.43. The minimum Gasteiger partial charge on any atom is -0.493 e. The second-order valence-corrected chi connectivity index (χ2v) is 9.60. The number of anilines is 1. The number of carbonyl (C=O) groups excluding carboxylic acids is 1. The van der Waals surface area contributed by atoms with Gasteiger partial charge in [0, 0.05) is 29.3 Å². The van der Waals surface area contributed by atoms with Gasteiger partial charge in [0.25, 0.3) is 0 Å². The maximum Gasteiger partial charge on any atom is 0.203 e. The third-order valence-electron chi connectivity index (χ3n) is 6.77. The molecule has 3 aromatic carbocycles. The Morgan fingerprint density at radius 3 is 2.27 bits per heavy atom. The van der Waals surface area contributed by atoms with E-state index in [1.165, 1.54) is 0 Å². The molecule has 2 aliphatic rings. The number of hydrogen-bond donors (Lipinski definition) is 1. The van der Waals surface area contributed by atoms with Gasteiger partial charge in [-0.25, -0.2) is 0 Å². The summed E-state index contributed by atoms with van der Waals surface area (Å²) in [5.74, 6) is 1.66. The van der Waals surface area contributed by atoms with Gasteiger partial charge < -0.3 is 19.5 Å². The lowest BCUT2D eigenvalue weighted by atomic mass is 9.68. The highest BCUT2D eigenvalue weighted by Gasteiger charge is 2.41. The lowest BCUT2D eigenvalue weighted by molar-refractivity contribution is -0.118. The highest BCUT2D eigenvalue weighted by molar-refractivity contribution is 6.04. The van der Waals surface area contributed by atoms with Gasteiger partial charge in [0.15, 0.2) is 17.3 Å². The first-order valence-corrected chi connectivity index (χ1v) is 11.2. The topological polar surface area (TPSA) is 56.8 Å². The Labute approximate surface area is 194 Å². The van der Waals surface area contributed by atoms with Crippen molar-refractivity contribution in [2.24, 2.45) is 5.41 Å². The molecule has 5 rings (SSSR count). The van der Waals surface area contributed by atoms with Crippen LogP contribution in [0.2, 0.25) is 0 Å². The molecule has 1 heterocycles. The molecule has 0 fully saturated rings. The first kappa shape index (κ1) is 21.4. The highest BCUT2D eigenvalue weighted by atomic mass is 16.5. The van der Waals surface area contributed by atoms with Crippen molar-refractivity contribution >= 4 is 22.2 Å². The lowest BCUT2D eigenvalue weighted by Crippen LogP contribution is -2.34. The first-order valence-electron chi connectivity index (χ1n) is 11.2. The Morgan fingerprint density at radius 1 is 0.909 bits per heavy atom. The highest BCUT2D eigenvalue weighted by Crippen LogP contribution is 2.52. The zero-order valence-corrected chi connectivity index (χ0v) is 19.7. The van der Waals surface area contributed by atoms with E-state index < -0.39 is 0 Å². The number of rotatable bonds is 4. The molecular formula is C28H29NO4. The fourth-order valence-electron chi connectivity index (χ4n) is 5.41. The minimum atomic E-state index is -0.236. The van der Waals surface area contributed by atoms with Gasteiger partial charge in [0.1, 0.15) is 0 Å². The Hall–Kier alpha value is -3.47. The maximum atomic E-state index is 13.6. The number of carbonyl (C=O) groups is 1. The van der Waals surface area contributed by atoms with Gasteiger partial charge in [-0.1, -0.05) is 44.2 Å². The lowest BCUT2D eigenvalue weighted by Gasteiger charge is -2.40. The number of Topliss-reactive ketones (excluding diaryl/α,β-unsaturated/α-hetero) is 1. The maximum absolute atomic E-state index is 13.6. The van der Waals surface area contributed by atoms with E-state index in [0.29, 0.717) is 23.7 Å². The van der Waals surface area contributed by atoms with Crippen molar-refractivity contribution in [2.45, 2.75) is 32.6 Å². The molecule has 0 saturated heterocycles. The number of ether oxygens (including phenoxy) is 3. The van der Waals surface area contributed by atoms with Crippen molar-refractivity contribution in [2.75, 3.05) is 26.6 Å². The van der Waals surface area contributed by atoms with Crippen LogP contribution in [0.5, 0.6) is 17.2 Å². The molecule has 1 aliphatic heterocycles. The van der Waals surface area contributed by atoms with Crippen molar-refractivity contribution in [1.82, 2.24) is 0 Å². The largest absolute Gasteiger partial charge is 0.493 e. The standard InChI is InChI=1S/C28H29NO4/c1-28(2)14-20-26(21(30)15-28)24(17-12-22(31-3)27(33-5)23(13-17)32-4)25-18-9-7-6-8-16(18)10-11-19(25)29-20/h6-13,24,29H,14-15H2,1-5H3/t24-/m0/s1. The number of ketones is 1. The zero-order chi connectivity index (χ0) is 23.3. The second-order valence-electron chi connectivity index (χ2n) is 9.60. The predicted octanol–water partition coefficient (Wildman–Crippen LogP) is 6.07. The average molecular weight is 444 g/mol. The van der Waals surface area contributed by atoms with E-state index >= 15 is 0 Å². The predicted molar refractivity (Wildman–Crippen MR) is 131 cm³/mol. The molecule has 1 atom stereocenters. The molecule has 170 valence electrons. The molecule has 1 aliphatic carbocycles. The van der Waals surface area contributed by atoms with E-state index in [-0.39, 0.29) is 17.1 Å². The fourth-order valence-corrected chi connectivity index (χ4v) is 5.41. The van der Waals surface area contributed by atoms with Crippen molar-refractivity contribution in [3.63, 3.8) is 0 Å². The molecule has 3 aromatic rings. The summed E-state index contributed by atoms with van der Waals surface area (Å²) in [5, 5.41) is 5.90. The Morgan fingerprint density at radius 2 is 1.61 bits per heavy atom. The van der Waals surface area contributed by atoms with E-state index in [1.54, 1.807) is 21.3 Å². The molecule has 0 unspecified atom stereocenters. The van der Waals surface area contributed by atoms with Gasteiger partial charge in [-0.2, -0.15) is 0 Å². The number of methoxy groups -OCH3 is 3. The van der Waals surface area contributed by atoms with Gasteiger partial charge in [0.05, 0.1) is 21.3 Å². The molecule has 0 amide bonds. The molecule has 0 bridgehead atoms. The van der Waals surface area contributed by atoms with Crippen LogP contribution in [0.3, 0.4) is 0 Å². The second kappa shape index (κ2) is 7.84. The third-order valence-corrected chi connectivity index (χ3v) is 6.77. The smallest absolute Gasteiger partial charge is 0.203 e. The summed E-state index contributed by atoms with van der Waals surface area (Å²) >= 11 is 0. The van der Waals surface area contributed by atoms with Crippen LogP contribution in [0, 0.1) is 5.41 Å². The Balaban J connectivity index is 1.83. The first-order chi connectivity index (χ1) is 15.9. The summed E-state index contributed by atoms with van der Waals surface area (Å²) in [6, 6.07) is 16.5. The molecule has 0 radical (unpaired) electrons. The summed E-state index contributed by atoms with van der Waals surface area (Å²) in [4.78, 5) is 13.6. The van der Waals surface area contributed by atoms with E-state index in [2.05, 4.69) is 43.4 Å². The molecule has 33 heavy (non-hydrogen) atoms. The number of allylic oxidation sites excluding steroid dienone is 2. The van der Waals surface area contributed by atoms with E-state index in [9.17, 15) is 4.79 Å².